The van der Waals surface area contributed by atoms with Crippen LogP contribution in [0.3, 0.4) is 0 Å². The van der Waals surface area contributed by atoms with Gasteiger partial charge in [0, 0.05) is 6.54 Å². The fourth-order valence-corrected chi connectivity index (χ4v) is 3.44. The van der Waals surface area contributed by atoms with Crippen molar-refractivity contribution in [3.63, 3.8) is 0 Å². The van der Waals surface area contributed by atoms with Crippen molar-refractivity contribution in [1.82, 2.24) is 4.90 Å². The van der Waals surface area contributed by atoms with E-state index < -0.39 is 0 Å². The van der Waals surface area contributed by atoms with Crippen LogP contribution in [0.1, 0.15) is 49.3 Å². The number of benzene rings is 1. The van der Waals surface area contributed by atoms with Crippen LogP contribution < -0.4 is 0 Å². The highest BCUT2D eigenvalue weighted by Gasteiger charge is 2.49. The van der Waals surface area contributed by atoms with Gasteiger partial charge in [-0.3, -0.25) is 14.5 Å². The first-order chi connectivity index (χ1) is 10.0. The van der Waals surface area contributed by atoms with Gasteiger partial charge >= 0.3 is 0 Å². The molecule has 1 heterocycles. The van der Waals surface area contributed by atoms with Crippen molar-refractivity contribution in [2.75, 3.05) is 6.54 Å². The minimum atomic E-state index is -0.312. The van der Waals surface area contributed by atoms with E-state index in [1.807, 2.05) is 19.9 Å². The molecule has 110 valence electrons. The molecule has 2 aliphatic rings. The molecular formula is C18H21NO2. The molecule has 1 aliphatic heterocycles. The van der Waals surface area contributed by atoms with Crippen molar-refractivity contribution in [2.24, 2.45) is 5.92 Å². The molecule has 3 nitrogen and oxygen atoms in total. The second-order valence-corrected chi connectivity index (χ2v) is 6.13. The number of imide groups is 1. The Kier molecular flexibility index (Phi) is 3.44. The number of allylic oxidation sites excluding steroid dienone is 1. The van der Waals surface area contributed by atoms with E-state index in [2.05, 4.69) is 25.1 Å². The number of unbranched alkanes of at least 4 members (excludes halogenated alkanes) is 1. The van der Waals surface area contributed by atoms with Crippen LogP contribution in [0.2, 0.25) is 0 Å². The van der Waals surface area contributed by atoms with Crippen LogP contribution in [0.15, 0.2) is 24.3 Å². The highest BCUT2D eigenvalue weighted by Crippen LogP contribution is 2.44. The lowest BCUT2D eigenvalue weighted by Gasteiger charge is -2.23. The summed E-state index contributed by atoms with van der Waals surface area (Å²) in [7, 11) is 0. The van der Waals surface area contributed by atoms with Crippen LogP contribution in [0.5, 0.6) is 0 Å². The quantitative estimate of drug-likeness (QED) is 0.798. The molecule has 0 bridgehead atoms. The molecule has 1 fully saturated rings. The molecular weight excluding hydrogens is 262 g/mol. The lowest BCUT2D eigenvalue weighted by molar-refractivity contribution is -0.139. The Bertz CT molecular complexity index is 645. The number of rotatable bonds is 3. The van der Waals surface area contributed by atoms with Gasteiger partial charge in [-0.15, -0.1) is 0 Å². The average Bonchev–Trinajstić information content (AvgIpc) is 2.68. The molecule has 3 rings (SSSR count). The second-order valence-electron chi connectivity index (χ2n) is 6.13. The van der Waals surface area contributed by atoms with Crippen LogP contribution in [0, 0.1) is 12.8 Å². The largest absolute Gasteiger partial charge is 0.282 e. The van der Waals surface area contributed by atoms with Crippen molar-refractivity contribution in [3.05, 3.63) is 41.0 Å². The zero-order chi connectivity index (χ0) is 15.1. The number of hydrogen-bond acceptors (Lipinski definition) is 2. The summed E-state index contributed by atoms with van der Waals surface area (Å²) in [5.74, 6) is -0.657. The Morgan fingerprint density at radius 1 is 1.14 bits per heavy atom. The summed E-state index contributed by atoms with van der Waals surface area (Å²) in [6.45, 7) is 6.67. The van der Waals surface area contributed by atoms with Crippen LogP contribution in [-0.2, 0) is 9.59 Å². The van der Waals surface area contributed by atoms with Gasteiger partial charge in [0.15, 0.2) is 0 Å². The second kappa shape index (κ2) is 5.14. The smallest absolute Gasteiger partial charge is 0.237 e. The molecule has 0 spiro atoms. The SMILES string of the molecule is CCCCN1C(=O)[C@H]2C=C(C)c3ccc(C)cc3[C@H]2C1=O. The fourth-order valence-electron chi connectivity index (χ4n) is 3.44. The summed E-state index contributed by atoms with van der Waals surface area (Å²) in [6, 6.07) is 6.20. The fraction of sp³-hybridized carbons (Fsp3) is 0.444. The molecule has 1 aromatic carbocycles. The molecule has 0 N–H and O–H groups in total. The number of carbonyl (C=O) groups excluding carboxylic acids is 2. The molecule has 2 amide bonds. The molecule has 1 aliphatic carbocycles. The Hall–Kier alpha value is -1.90. The van der Waals surface area contributed by atoms with E-state index >= 15 is 0 Å². The van der Waals surface area contributed by atoms with Gasteiger partial charge in [0.2, 0.25) is 11.8 Å². The van der Waals surface area contributed by atoms with E-state index in [1.54, 1.807) is 0 Å². The van der Waals surface area contributed by atoms with Crippen LogP contribution in [-0.4, -0.2) is 23.3 Å². The van der Waals surface area contributed by atoms with Gasteiger partial charge in [-0.1, -0.05) is 43.2 Å². The molecule has 2 atom stereocenters. The van der Waals surface area contributed by atoms with Crippen LogP contribution in [0.4, 0.5) is 0 Å². The summed E-state index contributed by atoms with van der Waals surface area (Å²) >= 11 is 0. The number of likely N-dealkylation sites (tertiary alicyclic amines) is 1. The maximum Gasteiger partial charge on any atom is 0.237 e. The first-order valence-corrected chi connectivity index (χ1v) is 7.69. The molecule has 0 aromatic heterocycles. The third kappa shape index (κ3) is 2.11. The zero-order valence-electron chi connectivity index (χ0n) is 12.8. The number of fused-ring (bicyclic) bond motifs is 3. The number of carbonyl (C=O) groups is 2. The Morgan fingerprint density at radius 3 is 2.62 bits per heavy atom. The summed E-state index contributed by atoms with van der Waals surface area (Å²) in [5, 5.41) is 0. The van der Waals surface area contributed by atoms with E-state index in [0.29, 0.717) is 6.54 Å². The normalized spacial score (nSPS) is 24.0. The van der Waals surface area contributed by atoms with E-state index in [9.17, 15) is 9.59 Å². The number of nitrogens with zero attached hydrogens (tertiary/aromatic N) is 1. The van der Waals surface area contributed by atoms with Gasteiger partial charge in [-0.25, -0.2) is 0 Å². The summed E-state index contributed by atoms with van der Waals surface area (Å²) in [6.07, 6.45) is 3.84. The lowest BCUT2D eigenvalue weighted by atomic mass is 9.77. The van der Waals surface area contributed by atoms with Gasteiger partial charge in [0.05, 0.1) is 11.8 Å². The Morgan fingerprint density at radius 2 is 1.90 bits per heavy atom. The topological polar surface area (TPSA) is 37.4 Å². The highest BCUT2D eigenvalue weighted by atomic mass is 16.2. The van der Waals surface area contributed by atoms with E-state index in [4.69, 9.17) is 0 Å². The van der Waals surface area contributed by atoms with Crippen LogP contribution >= 0.6 is 0 Å². The first kappa shape index (κ1) is 14.1. The number of aryl methyl sites for hydroxylation is 1. The Labute approximate surface area is 125 Å². The maximum absolute atomic E-state index is 12.7. The minimum absolute atomic E-state index is 0.0194. The van der Waals surface area contributed by atoms with Gasteiger partial charge in [0.1, 0.15) is 0 Å². The van der Waals surface area contributed by atoms with E-state index in [1.165, 1.54) is 4.90 Å². The standard InChI is InChI=1S/C18H21NO2/c1-4-5-8-19-17(20)15-10-12(3)13-7-6-11(2)9-14(13)16(15)18(19)21/h6-7,9-10,15-16H,4-5,8H2,1-3H3/t15-,16+/m0/s1. The van der Waals surface area contributed by atoms with Gasteiger partial charge < -0.3 is 0 Å². The molecule has 21 heavy (non-hydrogen) atoms. The highest BCUT2D eigenvalue weighted by molar-refractivity contribution is 6.10. The zero-order valence-corrected chi connectivity index (χ0v) is 12.8. The minimum Gasteiger partial charge on any atom is -0.282 e. The summed E-state index contributed by atoms with van der Waals surface area (Å²) < 4.78 is 0. The predicted molar refractivity (Wildman–Crippen MR) is 82.7 cm³/mol. The molecule has 1 aromatic rings. The summed E-state index contributed by atoms with van der Waals surface area (Å²) in [5.41, 5.74) is 4.37. The van der Waals surface area contributed by atoms with Crippen molar-refractivity contribution in [2.45, 2.75) is 39.5 Å². The van der Waals surface area contributed by atoms with Crippen molar-refractivity contribution >= 4 is 17.4 Å². The van der Waals surface area contributed by atoms with Gasteiger partial charge in [-0.05, 0) is 37.0 Å². The molecule has 0 saturated carbocycles. The van der Waals surface area contributed by atoms with Gasteiger partial charge in [0.25, 0.3) is 0 Å². The summed E-state index contributed by atoms with van der Waals surface area (Å²) in [4.78, 5) is 26.7. The van der Waals surface area contributed by atoms with Crippen molar-refractivity contribution in [1.29, 1.82) is 0 Å². The molecule has 0 radical (unpaired) electrons. The third-order valence-corrected chi connectivity index (χ3v) is 4.57. The predicted octanol–water partition coefficient (Wildman–Crippen LogP) is 3.28. The first-order valence-electron chi connectivity index (χ1n) is 7.69. The monoisotopic (exact) mass is 283 g/mol. The van der Waals surface area contributed by atoms with E-state index in [0.717, 1.165) is 35.1 Å². The van der Waals surface area contributed by atoms with Gasteiger partial charge in [-0.2, -0.15) is 0 Å². The average molecular weight is 283 g/mol. The molecule has 1 saturated heterocycles. The van der Waals surface area contributed by atoms with Crippen molar-refractivity contribution in [3.8, 4) is 0 Å². The van der Waals surface area contributed by atoms with E-state index in [-0.39, 0.29) is 23.7 Å². The number of hydrogen-bond donors (Lipinski definition) is 0. The third-order valence-electron chi connectivity index (χ3n) is 4.57. The molecule has 0 unspecified atom stereocenters. The van der Waals surface area contributed by atoms with Crippen molar-refractivity contribution < 1.29 is 9.59 Å². The lowest BCUT2D eigenvalue weighted by Crippen LogP contribution is -2.31. The Balaban J connectivity index is 2.05. The van der Waals surface area contributed by atoms with Crippen LogP contribution in [0.25, 0.3) is 5.57 Å². The number of amides is 2. The molecule has 3 heteroatoms. The maximum atomic E-state index is 12.7.